The minimum Gasteiger partial charge on any atom is -0.394 e. The lowest BCUT2D eigenvalue weighted by atomic mass is 9.77. The zero-order valence-electron chi connectivity index (χ0n) is 22.8. The van der Waals surface area contributed by atoms with Gasteiger partial charge in [-0.25, -0.2) is 0 Å². The highest BCUT2D eigenvalue weighted by Crippen LogP contribution is 2.55. The summed E-state index contributed by atoms with van der Waals surface area (Å²) in [7, 11) is 0. The lowest BCUT2D eigenvalue weighted by Gasteiger charge is -2.39. The molecule has 1 N–H and O–H groups in total. The number of carbonyl (C=O) groups is 3. The summed E-state index contributed by atoms with van der Waals surface area (Å²) in [6.45, 7) is 4.71. The summed E-state index contributed by atoms with van der Waals surface area (Å²) < 4.78 is 6.73. The molecule has 1 spiro atoms. The summed E-state index contributed by atoms with van der Waals surface area (Å²) in [5.74, 6) is -2.44. The van der Waals surface area contributed by atoms with E-state index in [1.165, 1.54) is 4.90 Å². The highest BCUT2D eigenvalue weighted by Gasteiger charge is 2.72. The van der Waals surface area contributed by atoms with Crippen LogP contribution in [0, 0.1) is 11.8 Å². The number of nitrogens with zero attached hydrogens (tertiary/aromatic N) is 3. The predicted molar refractivity (Wildman–Crippen MR) is 148 cm³/mol. The van der Waals surface area contributed by atoms with Gasteiger partial charge in [0.05, 0.1) is 30.6 Å². The topological polar surface area (TPSA) is 90.4 Å². The van der Waals surface area contributed by atoms with Gasteiger partial charge in [0.1, 0.15) is 11.6 Å². The van der Waals surface area contributed by atoms with Crippen molar-refractivity contribution in [2.75, 3.05) is 19.7 Å². The van der Waals surface area contributed by atoms with Crippen LogP contribution in [0.1, 0.15) is 31.0 Å². The number of aliphatic hydroxyl groups excluding tert-OH is 1. The fraction of sp³-hybridized carbons (Fsp3) is 0.406. The molecule has 0 radical (unpaired) electrons. The predicted octanol–water partition coefficient (Wildman–Crippen LogP) is 2.71. The number of hydrogen-bond acceptors (Lipinski definition) is 5. The first-order chi connectivity index (χ1) is 19.4. The van der Waals surface area contributed by atoms with E-state index in [1.54, 1.807) is 9.80 Å². The Hall–Kier alpha value is -3.75. The molecule has 0 saturated carbocycles. The number of ether oxygens (including phenoxy) is 1. The zero-order valence-corrected chi connectivity index (χ0v) is 22.8. The Morgan fingerprint density at radius 1 is 0.925 bits per heavy atom. The van der Waals surface area contributed by atoms with E-state index in [0.29, 0.717) is 19.6 Å². The first kappa shape index (κ1) is 26.5. The van der Waals surface area contributed by atoms with Crippen LogP contribution in [0.2, 0.25) is 0 Å². The van der Waals surface area contributed by atoms with Gasteiger partial charge in [-0.05, 0) is 25.0 Å². The Kier molecular flexibility index (Phi) is 6.84. The van der Waals surface area contributed by atoms with E-state index in [2.05, 4.69) is 0 Å². The molecule has 1 unspecified atom stereocenters. The van der Waals surface area contributed by atoms with Crippen molar-refractivity contribution >= 4 is 17.7 Å². The summed E-state index contributed by atoms with van der Waals surface area (Å²) in [4.78, 5) is 48.1. The molecule has 2 fully saturated rings. The first-order valence-corrected chi connectivity index (χ1v) is 14.0. The molecule has 8 heteroatoms. The first-order valence-electron chi connectivity index (χ1n) is 14.0. The van der Waals surface area contributed by atoms with Crippen LogP contribution < -0.4 is 0 Å². The van der Waals surface area contributed by atoms with Crippen molar-refractivity contribution in [3.05, 3.63) is 96.1 Å². The number of aliphatic hydroxyl groups is 1. The Bertz CT molecular complexity index is 1340. The molecule has 3 amide bonds. The Labute approximate surface area is 234 Å². The average Bonchev–Trinajstić information content (AvgIpc) is 3.27. The van der Waals surface area contributed by atoms with Crippen molar-refractivity contribution in [1.29, 1.82) is 0 Å². The van der Waals surface area contributed by atoms with Gasteiger partial charge < -0.3 is 24.5 Å². The fourth-order valence-corrected chi connectivity index (χ4v) is 6.92. The smallest absolute Gasteiger partial charge is 0.249 e. The van der Waals surface area contributed by atoms with Gasteiger partial charge in [0.2, 0.25) is 17.7 Å². The maximum atomic E-state index is 14.6. The van der Waals surface area contributed by atoms with E-state index < -0.39 is 35.6 Å². The van der Waals surface area contributed by atoms with Crippen LogP contribution in [-0.4, -0.2) is 81.0 Å². The van der Waals surface area contributed by atoms with Gasteiger partial charge in [-0.1, -0.05) is 85.0 Å². The minimum absolute atomic E-state index is 0.109. The standard InChI is InChI=1S/C32H35N3O5/c1-21(2)34-18-10-16-32-27(30(38)35(28(32)31(34)39)24(20-36)23-13-7-4-8-14-23)26-25(40-32)15-9-17-33(29(26)37)19-22-11-5-3-6-12-22/h3-16,21,24-28,36H,17-20H2,1-2H3/t24-,25-,26+,27+,28?,32+/m1/s1. The third-order valence-electron chi connectivity index (χ3n) is 8.74. The molecule has 0 aromatic heterocycles. The second kappa shape index (κ2) is 10.3. The molecular formula is C32H35N3O5. The number of carbonyl (C=O) groups excluding carboxylic acids is 3. The molecule has 6 rings (SSSR count). The lowest BCUT2D eigenvalue weighted by molar-refractivity contribution is -0.152. The average molecular weight is 542 g/mol. The summed E-state index contributed by atoms with van der Waals surface area (Å²) in [6, 6.07) is 17.1. The fourth-order valence-electron chi connectivity index (χ4n) is 6.92. The maximum Gasteiger partial charge on any atom is 0.249 e. The second-order valence-electron chi connectivity index (χ2n) is 11.3. The SMILES string of the molecule is CC(C)N1CC=C[C@]23O[C@@H]4C=CCN(Cc5ccccc5)C(=O)[C@@H]4[C@H]2C(=O)N([C@H](CO)c2ccccc2)C3C1=O. The number of fused-ring (bicyclic) bond motifs is 2. The summed E-state index contributed by atoms with van der Waals surface area (Å²) in [6.07, 6.45) is 6.89. The summed E-state index contributed by atoms with van der Waals surface area (Å²) in [5.41, 5.74) is 0.389. The lowest BCUT2D eigenvalue weighted by Crippen LogP contribution is -2.57. The van der Waals surface area contributed by atoms with Crippen LogP contribution in [0.3, 0.4) is 0 Å². The summed E-state index contributed by atoms with van der Waals surface area (Å²) in [5, 5.41) is 10.6. The van der Waals surface area contributed by atoms with Gasteiger partial charge in [0.25, 0.3) is 0 Å². The van der Waals surface area contributed by atoms with Crippen molar-refractivity contribution in [3.8, 4) is 0 Å². The number of rotatable bonds is 6. The molecule has 4 heterocycles. The molecule has 2 aromatic rings. The number of hydrogen-bond donors (Lipinski definition) is 1. The van der Waals surface area contributed by atoms with Crippen LogP contribution in [0.5, 0.6) is 0 Å². The van der Waals surface area contributed by atoms with E-state index in [9.17, 15) is 19.5 Å². The van der Waals surface area contributed by atoms with Crippen LogP contribution >= 0.6 is 0 Å². The van der Waals surface area contributed by atoms with Crippen molar-refractivity contribution in [1.82, 2.24) is 14.7 Å². The molecule has 2 saturated heterocycles. The molecule has 0 aliphatic carbocycles. The number of benzene rings is 2. The highest BCUT2D eigenvalue weighted by atomic mass is 16.5. The van der Waals surface area contributed by atoms with Crippen molar-refractivity contribution in [2.24, 2.45) is 11.8 Å². The number of amides is 3. The monoisotopic (exact) mass is 541 g/mol. The van der Waals surface area contributed by atoms with Crippen molar-refractivity contribution < 1.29 is 24.2 Å². The summed E-state index contributed by atoms with van der Waals surface area (Å²) >= 11 is 0. The maximum absolute atomic E-state index is 14.6. The van der Waals surface area contributed by atoms with E-state index in [4.69, 9.17) is 4.74 Å². The van der Waals surface area contributed by atoms with Crippen LogP contribution in [-0.2, 0) is 25.7 Å². The molecule has 4 aliphatic rings. The Morgan fingerprint density at radius 2 is 1.62 bits per heavy atom. The van der Waals surface area contributed by atoms with Gasteiger partial charge in [0, 0.05) is 25.7 Å². The minimum atomic E-state index is -1.33. The normalized spacial score (nSPS) is 30.3. The van der Waals surface area contributed by atoms with Crippen molar-refractivity contribution in [3.63, 3.8) is 0 Å². The Morgan fingerprint density at radius 3 is 2.30 bits per heavy atom. The van der Waals surface area contributed by atoms with Gasteiger partial charge in [0.15, 0.2) is 0 Å². The van der Waals surface area contributed by atoms with E-state index in [-0.39, 0.29) is 30.4 Å². The quantitative estimate of drug-likeness (QED) is 0.568. The van der Waals surface area contributed by atoms with Crippen LogP contribution in [0.25, 0.3) is 0 Å². The van der Waals surface area contributed by atoms with Crippen LogP contribution in [0.15, 0.2) is 85.0 Å². The van der Waals surface area contributed by atoms with E-state index in [1.807, 2.05) is 98.8 Å². The highest BCUT2D eigenvalue weighted by molar-refractivity contribution is 6.00. The van der Waals surface area contributed by atoms with E-state index >= 15 is 0 Å². The molecule has 2 aromatic carbocycles. The van der Waals surface area contributed by atoms with Gasteiger partial charge >= 0.3 is 0 Å². The molecule has 8 nitrogen and oxygen atoms in total. The van der Waals surface area contributed by atoms with Gasteiger partial charge in [-0.2, -0.15) is 0 Å². The molecule has 208 valence electrons. The van der Waals surface area contributed by atoms with Gasteiger partial charge in [-0.15, -0.1) is 0 Å². The van der Waals surface area contributed by atoms with Crippen molar-refractivity contribution in [2.45, 2.75) is 50.2 Å². The third-order valence-corrected chi connectivity index (χ3v) is 8.74. The largest absolute Gasteiger partial charge is 0.394 e. The molecule has 6 atom stereocenters. The molecule has 0 bridgehead atoms. The zero-order chi connectivity index (χ0) is 28.0. The van der Waals surface area contributed by atoms with Gasteiger partial charge in [-0.3, -0.25) is 14.4 Å². The van der Waals surface area contributed by atoms with E-state index in [0.717, 1.165) is 11.1 Å². The molecular weight excluding hydrogens is 506 g/mol. The number of likely N-dealkylation sites (tertiary alicyclic amines) is 1. The Balaban J connectivity index is 1.45. The molecule has 40 heavy (non-hydrogen) atoms. The second-order valence-corrected chi connectivity index (χ2v) is 11.3. The third kappa shape index (κ3) is 4.09. The van der Waals surface area contributed by atoms with Crippen LogP contribution in [0.4, 0.5) is 0 Å². The molecule has 4 aliphatic heterocycles.